The Balaban J connectivity index is 2.61. The molecule has 2 nitrogen and oxygen atoms in total. The van der Waals surface area contributed by atoms with E-state index in [1.807, 2.05) is 0 Å². The second kappa shape index (κ2) is 5.71. The molecule has 0 heterocycles. The Morgan fingerprint density at radius 1 is 1.40 bits per heavy atom. The molecule has 0 fully saturated rings. The van der Waals surface area contributed by atoms with Crippen LogP contribution in [0.4, 0.5) is 4.39 Å². The zero-order valence-corrected chi connectivity index (χ0v) is 9.04. The van der Waals surface area contributed by atoms with Gasteiger partial charge >= 0.3 is 0 Å². The minimum atomic E-state index is -0.418. The van der Waals surface area contributed by atoms with Crippen LogP contribution in [0.25, 0.3) is 0 Å². The number of nitrogens with two attached hydrogens (primary N) is 1. The third-order valence-corrected chi connectivity index (χ3v) is 2.50. The fourth-order valence-electron chi connectivity index (χ4n) is 1.59. The SMILES string of the molecule is CCCCC[C@@H](N)c1ccc(O)cc1F. The van der Waals surface area contributed by atoms with Crippen LogP contribution in [0.15, 0.2) is 18.2 Å². The summed E-state index contributed by atoms with van der Waals surface area (Å²) in [6, 6.07) is 3.87. The van der Waals surface area contributed by atoms with Crippen LogP contribution < -0.4 is 5.73 Å². The summed E-state index contributed by atoms with van der Waals surface area (Å²) in [4.78, 5) is 0. The number of aromatic hydroxyl groups is 1. The van der Waals surface area contributed by atoms with Crippen LogP contribution in [0.1, 0.15) is 44.2 Å². The summed E-state index contributed by atoms with van der Waals surface area (Å²) in [6.07, 6.45) is 4.05. The molecule has 1 aromatic rings. The maximum atomic E-state index is 13.4. The molecule has 0 saturated carbocycles. The number of benzene rings is 1. The van der Waals surface area contributed by atoms with Gasteiger partial charge in [0.1, 0.15) is 11.6 Å². The van der Waals surface area contributed by atoms with Crippen molar-refractivity contribution in [2.75, 3.05) is 0 Å². The van der Waals surface area contributed by atoms with Crippen molar-refractivity contribution >= 4 is 0 Å². The summed E-state index contributed by atoms with van der Waals surface area (Å²) >= 11 is 0. The van der Waals surface area contributed by atoms with Crippen LogP contribution in [-0.2, 0) is 0 Å². The van der Waals surface area contributed by atoms with Crippen LogP contribution in [0.5, 0.6) is 5.75 Å². The summed E-state index contributed by atoms with van der Waals surface area (Å²) in [6.45, 7) is 2.12. The van der Waals surface area contributed by atoms with E-state index in [-0.39, 0.29) is 11.8 Å². The number of rotatable bonds is 5. The molecule has 0 radical (unpaired) electrons. The van der Waals surface area contributed by atoms with E-state index >= 15 is 0 Å². The summed E-state index contributed by atoms with van der Waals surface area (Å²) in [7, 11) is 0. The van der Waals surface area contributed by atoms with E-state index in [2.05, 4.69) is 6.92 Å². The number of hydrogen-bond acceptors (Lipinski definition) is 2. The second-order valence-corrected chi connectivity index (χ2v) is 3.81. The van der Waals surface area contributed by atoms with Gasteiger partial charge in [-0.1, -0.05) is 32.3 Å². The van der Waals surface area contributed by atoms with E-state index in [0.717, 1.165) is 31.7 Å². The first-order chi connectivity index (χ1) is 7.15. The van der Waals surface area contributed by atoms with Gasteiger partial charge in [-0.15, -0.1) is 0 Å². The smallest absolute Gasteiger partial charge is 0.131 e. The fraction of sp³-hybridized carbons (Fsp3) is 0.500. The van der Waals surface area contributed by atoms with Gasteiger partial charge in [0, 0.05) is 17.7 Å². The Morgan fingerprint density at radius 2 is 2.13 bits per heavy atom. The molecule has 0 aliphatic rings. The topological polar surface area (TPSA) is 46.2 Å². The third-order valence-electron chi connectivity index (χ3n) is 2.50. The molecule has 84 valence electrons. The lowest BCUT2D eigenvalue weighted by molar-refractivity contribution is 0.464. The monoisotopic (exact) mass is 211 g/mol. The number of phenols is 1. The summed E-state index contributed by atoms with van der Waals surface area (Å²) < 4.78 is 13.4. The molecule has 1 rings (SSSR count). The molecule has 0 saturated heterocycles. The molecular weight excluding hydrogens is 193 g/mol. The number of halogens is 1. The molecule has 3 N–H and O–H groups in total. The molecule has 0 aromatic heterocycles. The van der Waals surface area contributed by atoms with Gasteiger partial charge < -0.3 is 10.8 Å². The first-order valence-electron chi connectivity index (χ1n) is 5.39. The standard InChI is InChI=1S/C12H18FNO/c1-2-3-4-5-12(14)10-7-6-9(15)8-11(10)13/h6-8,12,15H,2-5,14H2,1H3/t12-/m1/s1. The van der Waals surface area contributed by atoms with Crippen LogP contribution in [0.2, 0.25) is 0 Å². The van der Waals surface area contributed by atoms with Crippen LogP contribution in [0, 0.1) is 5.82 Å². The predicted molar refractivity (Wildman–Crippen MR) is 59.1 cm³/mol. The fourth-order valence-corrected chi connectivity index (χ4v) is 1.59. The highest BCUT2D eigenvalue weighted by molar-refractivity contribution is 5.29. The Bertz CT molecular complexity index is 314. The molecule has 0 spiro atoms. The normalized spacial score (nSPS) is 12.7. The Labute approximate surface area is 89.9 Å². The molecule has 0 bridgehead atoms. The van der Waals surface area contributed by atoms with Crippen LogP contribution >= 0.6 is 0 Å². The Morgan fingerprint density at radius 3 is 2.73 bits per heavy atom. The largest absolute Gasteiger partial charge is 0.508 e. The summed E-state index contributed by atoms with van der Waals surface area (Å²) in [5, 5.41) is 9.05. The van der Waals surface area contributed by atoms with Crippen LogP contribution in [-0.4, -0.2) is 5.11 Å². The Kier molecular flexibility index (Phi) is 4.56. The zero-order valence-electron chi connectivity index (χ0n) is 9.04. The minimum Gasteiger partial charge on any atom is -0.508 e. The first-order valence-corrected chi connectivity index (χ1v) is 5.39. The molecule has 15 heavy (non-hydrogen) atoms. The summed E-state index contributed by atoms with van der Waals surface area (Å²) in [5.41, 5.74) is 6.35. The average Bonchev–Trinajstić information content (AvgIpc) is 2.17. The molecule has 0 aliphatic heterocycles. The van der Waals surface area contributed by atoms with E-state index in [9.17, 15) is 4.39 Å². The van der Waals surface area contributed by atoms with Gasteiger partial charge in [0.15, 0.2) is 0 Å². The highest BCUT2D eigenvalue weighted by Gasteiger charge is 2.11. The van der Waals surface area contributed by atoms with Crippen molar-refractivity contribution in [2.24, 2.45) is 5.73 Å². The van der Waals surface area contributed by atoms with Crippen molar-refractivity contribution in [1.29, 1.82) is 0 Å². The van der Waals surface area contributed by atoms with Gasteiger partial charge in [0.2, 0.25) is 0 Å². The van der Waals surface area contributed by atoms with Gasteiger partial charge in [-0.2, -0.15) is 0 Å². The zero-order chi connectivity index (χ0) is 11.3. The maximum absolute atomic E-state index is 13.4. The highest BCUT2D eigenvalue weighted by atomic mass is 19.1. The van der Waals surface area contributed by atoms with Crippen molar-refractivity contribution in [3.05, 3.63) is 29.6 Å². The van der Waals surface area contributed by atoms with Crippen molar-refractivity contribution in [3.63, 3.8) is 0 Å². The van der Waals surface area contributed by atoms with Gasteiger partial charge in [-0.3, -0.25) is 0 Å². The number of phenolic OH excluding ortho intramolecular Hbond substituents is 1. The van der Waals surface area contributed by atoms with Crippen molar-refractivity contribution in [1.82, 2.24) is 0 Å². The first kappa shape index (κ1) is 12.0. The third kappa shape index (κ3) is 3.51. The molecule has 1 aromatic carbocycles. The predicted octanol–water partition coefficient (Wildman–Crippen LogP) is 3.11. The lowest BCUT2D eigenvalue weighted by Crippen LogP contribution is -2.11. The maximum Gasteiger partial charge on any atom is 0.131 e. The Hall–Kier alpha value is -1.09. The molecule has 1 atom stereocenters. The summed E-state index contributed by atoms with van der Waals surface area (Å²) in [5.74, 6) is -0.476. The number of unbranched alkanes of at least 4 members (excludes halogenated alkanes) is 2. The average molecular weight is 211 g/mol. The van der Waals surface area contributed by atoms with Gasteiger partial charge in [0.05, 0.1) is 0 Å². The lowest BCUT2D eigenvalue weighted by Gasteiger charge is -2.12. The quantitative estimate of drug-likeness (QED) is 0.735. The molecule has 0 unspecified atom stereocenters. The van der Waals surface area contributed by atoms with E-state index in [1.54, 1.807) is 6.07 Å². The molecule has 3 heteroatoms. The molecule has 0 amide bonds. The van der Waals surface area contributed by atoms with Gasteiger partial charge in [0.25, 0.3) is 0 Å². The second-order valence-electron chi connectivity index (χ2n) is 3.81. The highest BCUT2D eigenvalue weighted by Crippen LogP contribution is 2.23. The van der Waals surface area contributed by atoms with E-state index in [0.29, 0.717) is 5.56 Å². The number of hydrogen-bond donors (Lipinski definition) is 2. The van der Waals surface area contributed by atoms with E-state index in [4.69, 9.17) is 10.8 Å². The van der Waals surface area contributed by atoms with Crippen molar-refractivity contribution in [2.45, 2.75) is 38.6 Å². The van der Waals surface area contributed by atoms with Gasteiger partial charge in [-0.05, 0) is 12.5 Å². The molecular formula is C12H18FNO. The molecule has 0 aliphatic carbocycles. The van der Waals surface area contributed by atoms with Crippen molar-refractivity contribution < 1.29 is 9.50 Å². The van der Waals surface area contributed by atoms with Crippen LogP contribution in [0.3, 0.4) is 0 Å². The minimum absolute atomic E-state index is 0.0583. The van der Waals surface area contributed by atoms with E-state index in [1.165, 1.54) is 6.07 Å². The van der Waals surface area contributed by atoms with Crippen molar-refractivity contribution in [3.8, 4) is 5.75 Å². The van der Waals surface area contributed by atoms with E-state index < -0.39 is 5.82 Å². The van der Waals surface area contributed by atoms with Gasteiger partial charge in [-0.25, -0.2) is 4.39 Å². The lowest BCUT2D eigenvalue weighted by atomic mass is 10.0.